The minimum Gasteiger partial charge on any atom is -0.507 e. The Kier molecular flexibility index (Phi) is 10.9. The Morgan fingerprint density at radius 3 is 2.43 bits per heavy atom. The normalized spacial score (nSPS) is 12.6. The predicted octanol–water partition coefficient (Wildman–Crippen LogP) is 3.61. The van der Waals surface area contributed by atoms with Crippen LogP contribution in [-0.4, -0.2) is 57.7 Å². The molecule has 0 aliphatic heterocycles. The highest BCUT2D eigenvalue weighted by Gasteiger charge is 2.37. The van der Waals surface area contributed by atoms with Crippen LogP contribution < -0.4 is 5.32 Å². The van der Waals surface area contributed by atoms with E-state index in [4.69, 9.17) is 9.47 Å². The first-order chi connectivity index (χ1) is 16.4. The number of nitrogens with one attached hydrogen (secondary N) is 1. The van der Waals surface area contributed by atoms with Crippen molar-refractivity contribution in [1.82, 2.24) is 10.2 Å². The zero-order valence-electron chi connectivity index (χ0n) is 20.5. The summed E-state index contributed by atoms with van der Waals surface area (Å²) in [6.45, 7) is 11.7. The van der Waals surface area contributed by atoms with Crippen molar-refractivity contribution in [3.05, 3.63) is 59.2 Å². The number of nitro benzene ring substituents is 1. The zero-order valence-corrected chi connectivity index (χ0v) is 20.5. The number of nitrogens with zero attached hydrogens (tertiary/aromatic N) is 2. The van der Waals surface area contributed by atoms with Crippen molar-refractivity contribution in [3.8, 4) is 5.75 Å². The van der Waals surface area contributed by atoms with Gasteiger partial charge in [0.1, 0.15) is 23.4 Å². The monoisotopic (exact) mass is 491 g/mol. The zero-order chi connectivity index (χ0) is 26.8. The van der Waals surface area contributed by atoms with Gasteiger partial charge in [-0.3, -0.25) is 14.9 Å². The molecule has 11 heteroatoms. The molecule has 0 spiro atoms. The predicted molar refractivity (Wildman–Crippen MR) is 129 cm³/mol. The van der Waals surface area contributed by atoms with Gasteiger partial charge in [-0.25, -0.2) is 9.59 Å². The number of alkyl carbamates (subject to hydrolysis) is 1. The third kappa shape index (κ3) is 8.76. The van der Waals surface area contributed by atoms with E-state index in [0.29, 0.717) is 6.42 Å². The van der Waals surface area contributed by atoms with E-state index in [9.17, 15) is 29.6 Å². The highest BCUT2D eigenvalue weighted by atomic mass is 16.6. The lowest BCUT2D eigenvalue weighted by atomic mass is 10.0. The van der Waals surface area contributed by atoms with Gasteiger partial charge in [-0.2, -0.15) is 0 Å². The van der Waals surface area contributed by atoms with Gasteiger partial charge < -0.3 is 24.8 Å². The van der Waals surface area contributed by atoms with Crippen LogP contribution in [0.3, 0.4) is 0 Å². The first-order valence-electron chi connectivity index (χ1n) is 10.9. The van der Waals surface area contributed by atoms with Crippen LogP contribution >= 0.6 is 0 Å². The van der Waals surface area contributed by atoms with Crippen molar-refractivity contribution in [1.29, 1.82) is 0 Å². The Balaban J connectivity index is 3.54. The molecular formula is C24H33N3O8. The summed E-state index contributed by atoms with van der Waals surface area (Å²) >= 11 is 0. The molecule has 0 aliphatic rings. The molecule has 0 saturated heterocycles. The number of carbonyl (C=O) groups is 3. The fourth-order valence-corrected chi connectivity index (χ4v) is 3.24. The van der Waals surface area contributed by atoms with Crippen LogP contribution in [0.1, 0.15) is 45.6 Å². The molecule has 0 heterocycles. The number of hydrogen-bond donors (Lipinski definition) is 2. The summed E-state index contributed by atoms with van der Waals surface area (Å²) in [6, 6.07) is 1.31. The molecule has 11 nitrogen and oxygen atoms in total. The second-order valence-corrected chi connectivity index (χ2v) is 8.63. The lowest BCUT2D eigenvalue weighted by molar-refractivity contribution is -0.385. The summed E-state index contributed by atoms with van der Waals surface area (Å²) in [4.78, 5) is 50.6. The van der Waals surface area contributed by atoms with Gasteiger partial charge >= 0.3 is 12.1 Å². The lowest BCUT2D eigenvalue weighted by Crippen LogP contribution is -2.54. The molecule has 192 valence electrons. The summed E-state index contributed by atoms with van der Waals surface area (Å²) in [7, 11) is 1.14. The highest BCUT2D eigenvalue weighted by molar-refractivity contribution is 5.90. The van der Waals surface area contributed by atoms with Gasteiger partial charge in [0.25, 0.3) is 5.69 Å². The molecule has 0 saturated carbocycles. The summed E-state index contributed by atoms with van der Waals surface area (Å²) in [5.74, 6) is -1.95. The number of ether oxygens (including phenoxy) is 2. The van der Waals surface area contributed by atoms with E-state index >= 15 is 0 Å². The maximum atomic E-state index is 13.7. The minimum atomic E-state index is -1.23. The minimum absolute atomic E-state index is 0.0412. The highest BCUT2D eigenvalue weighted by Crippen LogP contribution is 2.30. The lowest BCUT2D eigenvalue weighted by Gasteiger charge is -2.33. The summed E-state index contributed by atoms with van der Waals surface area (Å²) < 4.78 is 10.1. The third-order valence-electron chi connectivity index (χ3n) is 4.82. The third-order valence-corrected chi connectivity index (χ3v) is 4.82. The van der Waals surface area contributed by atoms with E-state index in [0.717, 1.165) is 12.0 Å². The number of rotatable bonds is 12. The largest absolute Gasteiger partial charge is 0.507 e. The summed E-state index contributed by atoms with van der Waals surface area (Å²) in [6.07, 6.45) is 2.49. The molecule has 0 aliphatic carbocycles. The van der Waals surface area contributed by atoms with Crippen LogP contribution in [0, 0.1) is 10.1 Å². The fourth-order valence-electron chi connectivity index (χ4n) is 3.24. The quantitative estimate of drug-likeness (QED) is 0.195. The first kappa shape index (κ1) is 29.1. The number of aromatic hydroxyl groups is 1. The molecule has 0 radical (unpaired) electrons. The fraction of sp³-hybridized carbons (Fsp3) is 0.458. The average Bonchev–Trinajstić information content (AvgIpc) is 2.77. The van der Waals surface area contributed by atoms with Crippen molar-refractivity contribution in [2.45, 2.75) is 64.3 Å². The van der Waals surface area contributed by atoms with Gasteiger partial charge in [0.15, 0.2) is 0 Å². The molecule has 0 fully saturated rings. The standard InChI is InChI=1S/C24H33N3O8/c1-7-9-12-17(25-23(31)35-24(3,4)5)21(29)26(19(11-8-2)22(30)34-6)15-16-18(27(32)33)13-10-14-20(16)28/h7-8,10,13-14,17,19,28H,1-2,9,11-12,15H2,3-6H3,(H,25,31)/t17-,19-/m0/s1. The number of phenolic OH excluding ortho intramolecular Hbond substituents is 1. The van der Waals surface area contributed by atoms with Gasteiger partial charge in [-0.05, 0) is 46.1 Å². The second-order valence-electron chi connectivity index (χ2n) is 8.63. The Hall–Kier alpha value is -3.89. The van der Waals surface area contributed by atoms with Gasteiger partial charge in [0, 0.05) is 6.07 Å². The summed E-state index contributed by atoms with van der Waals surface area (Å²) in [5.41, 5.74) is -1.44. The maximum Gasteiger partial charge on any atom is 0.408 e. The van der Waals surface area contributed by atoms with Gasteiger partial charge in [-0.15, -0.1) is 13.2 Å². The van der Waals surface area contributed by atoms with Crippen LogP contribution in [-0.2, 0) is 25.6 Å². The molecule has 2 N–H and O–H groups in total. The molecular weight excluding hydrogens is 458 g/mol. The first-order valence-corrected chi connectivity index (χ1v) is 10.9. The molecule has 0 unspecified atom stereocenters. The van der Waals surface area contributed by atoms with Crippen LogP contribution in [0.5, 0.6) is 5.75 Å². The van der Waals surface area contributed by atoms with E-state index in [1.165, 1.54) is 24.3 Å². The molecule has 1 rings (SSSR count). The van der Waals surface area contributed by atoms with Crippen molar-refractivity contribution >= 4 is 23.7 Å². The number of esters is 1. The van der Waals surface area contributed by atoms with Crippen molar-refractivity contribution in [3.63, 3.8) is 0 Å². The number of nitro groups is 1. The van der Waals surface area contributed by atoms with E-state index in [1.54, 1.807) is 26.8 Å². The van der Waals surface area contributed by atoms with Gasteiger partial charge in [0.05, 0.1) is 24.1 Å². The van der Waals surface area contributed by atoms with Gasteiger partial charge in [0.2, 0.25) is 5.91 Å². The van der Waals surface area contributed by atoms with E-state index in [-0.39, 0.29) is 18.4 Å². The smallest absolute Gasteiger partial charge is 0.408 e. The van der Waals surface area contributed by atoms with Crippen molar-refractivity contribution in [2.24, 2.45) is 0 Å². The van der Waals surface area contributed by atoms with Crippen LogP contribution in [0.25, 0.3) is 0 Å². The average molecular weight is 492 g/mol. The number of carbonyl (C=O) groups excluding carboxylic acids is 3. The molecule has 0 bridgehead atoms. The Morgan fingerprint density at radius 1 is 1.26 bits per heavy atom. The second kappa shape index (κ2) is 13.1. The number of benzene rings is 1. The molecule has 2 atom stereocenters. The number of allylic oxidation sites excluding steroid dienone is 1. The van der Waals surface area contributed by atoms with E-state index < -0.39 is 58.6 Å². The Labute approximate surface area is 204 Å². The topological polar surface area (TPSA) is 148 Å². The van der Waals surface area contributed by atoms with Crippen LogP contribution in [0.2, 0.25) is 0 Å². The molecule has 35 heavy (non-hydrogen) atoms. The summed E-state index contributed by atoms with van der Waals surface area (Å²) in [5, 5.41) is 24.4. The number of amides is 2. The van der Waals surface area contributed by atoms with Gasteiger partial charge in [-0.1, -0.05) is 18.2 Å². The number of methoxy groups -OCH3 is 1. The maximum absolute atomic E-state index is 13.7. The Bertz CT molecular complexity index is 955. The molecule has 2 amide bonds. The van der Waals surface area contributed by atoms with E-state index in [2.05, 4.69) is 18.5 Å². The molecule has 1 aromatic carbocycles. The Morgan fingerprint density at radius 2 is 1.91 bits per heavy atom. The SMILES string of the molecule is C=CCC[C@H](NC(=O)OC(C)(C)C)C(=O)N(Cc1c(O)cccc1[N+](=O)[O-])[C@@H](CC=C)C(=O)OC. The van der Waals surface area contributed by atoms with Crippen LogP contribution in [0.15, 0.2) is 43.5 Å². The van der Waals surface area contributed by atoms with Crippen molar-refractivity contribution in [2.75, 3.05) is 7.11 Å². The van der Waals surface area contributed by atoms with E-state index in [1.807, 2.05) is 0 Å². The number of phenols is 1. The van der Waals surface area contributed by atoms with Crippen molar-refractivity contribution < 1.29 is 33.9 Å². The molecule has 0 aromatic heterocycles. The molecule has 1 aromatic rings. The van der Waals surface area contributed by atoms with Crippen LogP contribution in [0.4, 0.5) is 10.5 Å². The number of hydrogen-bond acceptors (Lipinski definition) is 8.